The average Bonchev–Trinajstić information content (AvgIpc) is 2.86. The van der Waals surface area contributed by atoms with Crippen molar-refractivity contribution in [3.05, 3.63) is 89.0 Å². The van der Waals surface area contributed by atoms with Gasteiger partial charge in [-0.15, -0.1) is 0 Å². The molecule has 1 heterocycles. The highest BCUT2D eigenvalue weighted by Crippen LogP contribution is 2.24. The van der Waals surface area contributed by atoms with Crippen LogP contribution in [-0.2, 0) is 10.0 Å². The van der Waals surface area contributed by atoms with Crippen molar-refractivity contribution in [3.8, 4) is 0 Å². The fourth-order valence-corrected chi connectivity index (χ4v) is 5.43. The molecule has 0 atom stereocenters. The van der Waals surface area contributed by atoms with Gasteiger partial charge in [0.1, 0.15) is 0 Å². The molecule has 182 valence electrons. The summed E-state index contributed by atoms with van der Waals surface area (Å²) < 4.78 is 28.7. The first-order chi connectivity index (χ1) is 16.7. The second-order valence-corrected chi connectivity index (χ2v) is 10.5. The molecule has 0 unspecified atom stereocenters. The number of rotatable bonds is 6. The van der Waals surface area contributed by atoms with Crippen molar-refractivity contribution in [2.45, 2.75) is 38.0 Å². The highest BCUT2D eigenvalue weighted by Gasteiger charge is 2.23. The molecule has 1 aliphatic rings. The Kier molecular flexibility index (Phi) is 7.21. The Bertz CT molecular complexity index is 1350. The van der Waals surface area contributed by atoms with Gasteiger partial charge in [-0.05, 0) is 75.1 Å². The van der Waals surface area contributed by atoms with E-state index in [0.29, 0.717) is 35.6 Å². The maximum atomic E-state index is 13.1. The molecule has 2 N–H and O–H groups in total. The van der Waals surface area contributed by atoms with E-state index in [2.05, 4.69) is 10.0 Å². The van der Waals surface area contributed by atoms with Crippen molar-refractivity contribution < 1.29 is 18.0 Å². The molecule has 0 spiro atoms. The van der Waals surface area contributed by atoms with Crippen LogP contribution in [0.15, 0.2) is 71.6 Å². The van der Waals surface area contributed by atoms with Crippen molar-refractivity contribution in [3.63, 3.8) is 0 Å². The number of para-hydroxylation sites is 1. The Balaban J connectivity index is 1.57. The summed E-state index contributed by atoms with van der Waals surface area (Å²) in [6.45, 7) is 5.00. The zero-order chi connectivity index (χ0) is 25.0. The minimum atomic E-state index is -3.91. The van der Waals surface area contributed by atoms with Gasteiger partial charge in [0.05, 0.1) is 16.1 Å². The molecule has 1 fully saturated rings. The average molecular weight is 492 g/mol. The number of aryl methyl sites for hydroxylation is 2. The van der Waals surface area contributed by atoms with Crippen LogP contribution in [-0.4, -0.2) is 38.2 Å². The Morgan fingerprint density at radius 1 is 0.857 bits per heavy atom. The molecule has 2 amide bonds. The SMILES string of the molecule is Cc1ccc(NS(=O)(=O)c2cc(C(=O)Nc3ccccc3C(=O)N3CCCCC3)ccc2C)cc1. The Hall–Kier alpha value is -3.65. The van der Waals surface area contributed by atoms with E-state index in [4.69, 9.17) is 0 Å². The first kappa shape index (κ1) is 24.5. The number of anilines is 2. The number of sulfonamides is 1. The fraction of sp³-hybridized carbons (Fsp3) is 0.259. The van der Waals surface area contributed by atoms with Crippen LogP contribution in [0.1, 0.15) is 51.1 Å². The lowest BCUT2D eigenvalue weighted by molar-refractivity contribution is 0.0725. The summed E-state index contributed by atoms with van der Waals surface area (Å²) in [5, 5.41) is 2.80. The van der Waals surface area contributed by atoms with E-state index >= 15 is 0 Å². The van der Waals surface area contributed by atoms with Crippen molar-refractivity contribution in [2.24, 2.45) is 0 Å². The Morgan fingerprint density at radius 2 is 1.54 bits per heavy atom. The lowest BCUT2D eigenvalue weighted by Crippen LogP contribution is -2.36. The first-order valence-electron chi connectivity index (χ1n) is 11.6. The van der Waals surface area contributed by atoms with Gasteiger partial charge in [-0.25, -0.2) is 8.42 Å². The molecule has 8 heteroatoms. The van der Waals surface area contributed by atoms with E-state index < -0.39 is 15.9 Å². The maximum Gasteiger partial charge on any atom is 0.262 e. The first-order valence-corrected chi connectivity index (χ1v) is 13.1. The predicted molar refractivity (Wildman–Crippen MR) is 137 cm³/mol. The molecule has 3 aromatic rings. The third-order valence-electron chi connectivity index (χ3n) is 6.09. The molecular weight excluding hydrogens is 462 g/mol. The Morgan fingerprint density at radius 3 is 2.26 bits per heavy atom. The topological polar surface area (TPSA) is 95.6 Å². The van der Waals surface area contributed by atoms with E-state index in [0.717, 1.165) is 24.8 Å². The van der Waals surface area contributed by atoms with E-state index in [1.54, 1.807) is 55.5 Å². The van der Waals surface area contributed by atoms with Gasteiger partial charge in [0.15, 0.2) is 0 Å². The van der Waals surface area contributed by atoms with Crippen LogP contribution in [0.3, 0.4) is 0 Å². The Labute approximate surface area is 206 Å². The lowest BCUT2D eigenvalue weighted by Gasteiger charge is -2.27. The summed E-state index contributed by atoms with van der Waals surface area (Å²) in [6, 6.07) is 18.4. The highest BCUT2D eigenvalue weighted by atomic mass is 32.2. The lowest BCUT2D eigenvalue weighted by atomic mass is 10.1. The van der Waals surface area contributed by atoms with Gasteiger partial charge in [0.2, 0.25) is 0 Å². The number of nitrogens with one attached hydrogen (secondary N) is 2. The fourth-order valence-electron chi connectivity index (χ4n) is 4.10. The van der Waals surface area contributed by atoms with Gasteiger partial charge < -0.3 is 10.2 Å². The van der Waals surface area contributed by atoms with Gasteiger partial charge in [-0.2, -0.15) is 0 Å². The van der Waals surface area contributed by atoms with Gasteiger partial charge in [0, 0.05) is 24.3 Å². The van der Waals surface area contributed by atoms with E-state index in [1.807, 2.05) is 24.0 Å². The molecule has 0 aliphatic carbocycles. The van der Waals surface area contributed by atoms with Crippen LogP contribution in [0.4, 0.5) is 11.4 Å². The third kappa shape index (κ3) is 5.71. The molecule has 35 heavy (non-hydrogen) atoms. The van der Waals surface area contributed by atoms with Crippen LogP contribution in [0, 0.1) is 13.8 Å². The number of piperidine rings is 1. The second-order valence-electron chi connectivity index (χ2n) is 8.80. The molecule has 1 aliphatic heterocycles. The molecule has 7 nitrogen and oxygen atoms in total. The van der Waals surface area contributed by atoms with E-state index in [1.165, 1.54) is 6.07 Å². The van der Waals surface area contributed by atoms with Crippen LogP contribution >= 0.6 is 0 Å². The van der Waals surface area contributed by atoms with Crippen LogP contribution in [0.2, 0.25) is 0 Å². The van der Waals surface area contributed by atoms with Crippen molar-refractivity contribution in [1.82, 2.24) is 4.90 Å². The monoisotopic (exact) mass is 491 g/mol. The molecule has 0 aromatic heterocycles. The molecule has 4 rings (SSSR count). The molecule has 0 radical (unpaired) electrons. The number of hydrogen-bond donors (Lipinski definition) is 2. The third-order valence-corrected chi connectivity index (χ3v) is 7.62. The van der Waals surface area contributed by atoms with Gasteiger partial charge >= 0.3 is 0 Å². The quantitative estimate of drug-likeness (QED) is 0.508. The number of nitrogens with zero attached hydrogens (tertiary/aromatic N) is 1. The van der Waals surface area contributed by atoms with E-state index in [9.17, 15) is 18.0 Å². The minimum absolute atomic E-state index is 0.0170. The molecule has 0 saturated carbocycles. The number of benzene rings is 3. The van der Waals surface area contributed by atoms with Gasteiger partial charge in [-0.1, -0.05) is 35.9 Å². The highest BCUT2D eigenvalue weighted by molar-refractivity contribution is 7.92. The molecule has 3 aromatic carbocycles. The summed E-state index contributed by atoms with van der Waals surface area (Å²) in [5.41, 5.74) is 2.97. The molecular formula is C27H29N3O4S. The standard InChI is InChI=1S/C27H29N3O4S/c1-19-10-14-22(15-11-19)29-35(33,34)25-18-21(13-12-20(25)2)26(31)28-24-9-5-4-8-23(24)27(32)30-16-6-3-7-17-30/h4-5,8-15,18,29H,3,6-7,16-17H2,1-2H3,(H,28,31). The van der Waals surface area contributed by atoms with Crippen molar-refractivity contribution in [1.29, 1.82) is 0 Å². The summed E-state index contributed by atoms with van der Waals surface area (Å²) in [6.07, 6.45) is 3.05. The minimum Gasteiger partial charge on any atom is -0.339 e. The van der Waals surface area contributed by atoms with E-state index in [-0.39, 0.29) is 16.4 Å². The predicted octanol–water partition coefficient (Wildman–Crippen LogP) is 4.98. The molecule has 0 bridgehead atoms. The number of carbonyl (C=O) groups is 2. The largest absolute Gasteiger partial charge is 0.339 e. The van der Waals surface area contributed by atoms with Gasteiger partial charge in [-0.3, -0.25) is 14.3 Å². The van der Waals surface area contributed by atoms with Crippen LogP contribution in [0.5, 0.6) is 0 Å². The normalized spacial score (nSPS) is 13.8. The number of carbonyl (C=O) groups excluding carboxylic acids is 2. The number of amides is 2. The number of likely N-dealkylation sites (tertiary alicyclic amines) is 1. The smallest absolute Gasteiger partial charge is 0.262 e. The second kappa shape index (κ2) is 10.3. The summed E-state index contributed by atoms with van der Waals surface area (Å²) in [4.78, 5) is 28.0. The van der Waals surface area contributed by atoms with Crippen LogP contribution < -0.4 is 10.0 Å². The van der Waals surface area contributed by atoms with Crippen molar-refractivity contribution >= 4 is 33.2 Å². The van der Waals surface area contributed by atoms with Gasteiger partial charge in [0.25, 0.3) is 21.8 Å². The summed E-state index contributed by atoms with van der Waals surface area (Å²) >= 11 is 0. The zero-order valence-electron chi connectivity index (χ0n) is 19.9. The van der Waals surface area contributed by atoms with Crippen molar-refractivity contribution in [2.75, 3.05) is 23.1 Å². The maximum absolute atomic E-state index is 13.1. The zero-order valence-corrected chi connectivity index (χ0v) is 20.7. The summed E-state index contributed by atoms with van der Waals surface area (Å²) in [5.74, 6) is -0.606. The number of hydrogen-bond acceptors (Lipinski definition) is 4. The van der Waals surface area contributed by atoms with Crippen LogP contribution in [0.25, 0.3) is 0 Å². The molecule has 1 saturated heterocycles. The summed E-state index contributed by atoms with van der Waals surface area (Å²) in [7, 11) is -3.91.